The molecule has 60 valence electrons. The van der Waals surface area contributed by atoms with E-state index < -0.39 is 5.63 Å². The van der Waals surface area contributed by atoms with Gasteiger partial charge in [-0.2, -0.15) is 6.07 Å². The Labute approximate surface area is 96.3 Å². The van der Waals surface area contributed by atoms with Crippen LogP contribution < -0.4 is 35.2 Å². The number of benzene rings is 1. The van der Waals surface area contributed by atoms with Gasteiger partial charge in [0.05, 0.1) is 5.58 Å². The summed E-state index contributed by atoms with van der Waals surface area (Å²) in [5, 5.41) is 9.79. The van der Waals surface area contributed by atoms with Gasteiger partial charge < -0.3 is 9.52 Å². The van der Waals surface area contributed by atoms with Crippen molar-refractivity contribution in [3.05, 3.63) is 40.8 Å². The fraction of sp³-hybridized carbons (Fsp3) is 0. The van der Waals surface area contributed by atoms with Crippen molar-refractivity contribution in [2.24, 2.45) is 0 Å². The first kappa shape index (κ1) is 10.3. The zero-order valence-corrected chi connectivity index (χ0v) is 9.07. The Morgan fingerprint density at radius 1 is 1.38 bits per heavy atom. The van der Waals surface area contributed by atoms with Crippen molar-refractivity contribution < 1.29 is 39.1 Å². The largest absolute Gasteiger partial charge is 1.00 e. The van der Waals surface area contributed by atoms with Gasteiger partial charge in [-0.3, -0.25) is 4.79 Å². The second-order valence-electron chi connectivity index (χ2n) is 2.40. The predicted octanol–water partition coefficient (Wildman–Crippen LogP) is -1.70. The van der Waals surface area contributed by atoms with Crippen LogP contribution in [0.1, 0.15) is 0 Å². The van der Waals surface area contributed by atoms with Gasteiger partial charge >= 0.3 is 29.6 Å². The second kappa shape index (κ2) is 3.96. The molecule has 1 N–H and O–H groups in total. The number of aromatic hydroxyl groups is 1. The molecule has 0 spiro atoms. The molecule has 13 heavy (non-hydrogen) atoms. The van der Waals surface area contributed by atoms with E-state index in [4.69, 9.17) is 9.52 Å². The van der Waals surface area contributed by atoms with Crippen molar-refractivity contribution in [3.8, 4) is 5.75 Å². The van der Waals surface area contributed by atoms with Gasteiger partial charge in [0.25, 0.3) is 0 Å². The molecule has 0 aliphatic rings. The predicted molar refractivity (Wildman–Crippen MR) is 43.0 cm³/mol. The molecule has 1 aromatic carbocycles. The Morgan fingerprint density at radius 2 is 2.15 bits per heavy atom. The fourth-order valence-corrected chi connectivity index (χ4v) is 0.997. The van der Waals surface area contributed by atoms with Crippen molar-refractivity contribution in [2.45, 2.75) is 0 Å². The van der Waals surface area contributed by atoms with E-state index in [0.29, 0.717) is 5.58 Å². The quantitative estimate of drug-likeness (QED) is 0.302. The third-order valence-electron chi connectivity index (χ3n) is 1.55. The minimum absolute atomic E-state index is 0. The summed E-state index contributed by atoms with van der Waals surface area (Å²) >= 11 is 0. The topological polar surface area (TPSA) is 50.4 Å². The smallest absolute Gasteiger partial charge is 0.508 e. The molecule has 0 radical (unpaired) electrons. The van der Waals surface area contributed by atoms with Crippen LogP contribution in [0.3, 0.4) is 0 Å². The van der Waals surface area contributed by atoms with E-state index in [1.165, 1.54) is 18.2 Å². The van der Waals surface area contributed by atoms with Crippen LogP contribution in [0.2, 0.25) is 0 Å². The van der Waals surface area contributed by atoms with Crippen molar-refractivity contribution in [2.75, 3.05) is 0 Å². The first-order valence-corrected chi connectivity index (χ1v) is 3.40. The van der Waals surface area contributed by atoms with Crippen LogP contribution in [0.4, 0.5) is 0 Å². The molecule has 0 saturated heterocycles. The van der Waals surface area contributed by atoms with Crippen LogP contribution in [0.5, 0.6) is 5.75 Å². The average Bonchev–Trinajstić information content (AvgIpc) is 2.03. The number of hydrogen-bond acceptors (Lipinski definition) is 3. The second-order valence-corrected chi connectivity index (χ2v) is 2.40. The third kappa shape index (κ3) is 2.12. The maximum atomic E-state index is 10.7. The van der Waals surface area contributed by atoms with Gasteiger partial charge in [0, 0.05) is 6.07 Å². The molecule has 2 aromatic rings. The Hall–Kier alpha value is -0.770. The molecular weight excluding hydrogens is 179 g/mol. The molecule has 0 fully saturated rings. The van der Waals surface area contributed by atoms with Gasteiger partial charge in [-0.15, -0.1) is 11.5 Å². The van der Waals surface area contributed by atoms with E-state index in [1.54, 1.807) is 6.07 Å². The maximum absolute atomic E-state index is 10.7. The van der Waals surface area contributed by atoms with Gasteiger partial charge in [0.2, 0.25) is 5.63 Å². The first-order chi connectivity index (χ1) is 5.75. The molecule has 4 heteroatoms. The van der Waals surface area contributed by atoms with Crippen molar-refractivity contribution in [1.29, 1.82) is 0 Å². The molecule has 0 saturated carbocycles. The Bertz CT molecular complexity index is 475. The van der Waals surface area contributed by atoms with Crippen molar-refractivity contribution >= 4 is 11.0 Å². The SMILES string of the molecule is O=c1[c-]cc2ccc(O)cc2o1.[Na+]. The molecule has 3 nitrogen and oxygen atoms in total. The van der Waals surface area contributed by atoms with Crippen LogP contribution in [0.25, 0.3) is 11.0 Å². The minimum Gasteiger partial charge on any atom is -0.508 e. The van der Waals surface area contributed by atoms with E-state index in [2.05, 4.69) is 6.07 Å². The van der Waals surface area contributed by atoms with E-state index in [0.717, 1.165) is 5.39 Å². The number of fused-ring (bicyclic) bond motifs is 1. The summed E-state index contributed by atoms with van der Waals surface area (Å²) in [6.07, 6.45) is 0. The zero-order valence-electron chi connectivity index (χ0n) is 7.07. The van der Waals surface area contributed by atoms with Gasteiger partial charge in [0.15, 0.2) is 0 Å². The van der Waals surface area contributed by atoms with E-state index in [1.807, 2.05) is 0 Å². The van der Waals surface area contributed by atoms with Gasteiger partial charge in [-0.25, -0.2) is 6.07 Å². The molecule has 1 heterocycles. The summed E-state index contributed by atoms with van der Waals surface area (Å²) in [6.45, 7) is 0. The third-order valence-corrected chi connectivity index (χ3v) is 1.55. The minimum atomic E-state index is -0.534. The van der Waals surface area contributed by atoms with Gasteiger partial charge in [-0.05, 0) is 6.07 Å². The summed E-state index contributed by atoms with van der Waals surface area (Å²) in [5.41, 5.74) is -0.160. The standard InChI is InChI=1S/C9H5O3.Na/c10-7-3-1-6-2-4-9(11)12-8(6)5-7;/h1-3,5,10H;/q-1;+1. The molecule has 0 bridgehead atoms. The molecule has 1 aromatic heterocycles. The molecule has 0 aliphatic heterocycles. The number of rotatable bonds is 0. The summed E-state index contributed by atoms with van der Waals surface area (Å²) in [5.74, 6) is 0.0804. The van der Waals surface area contributed by atoms with Crippen molar-refractivity contribution in [1.82, 2.24) is 0 Å². The fourth-order valence-electron chi connectivity index (χ4n) is 0.997. The van der Waals surface area contributed by atoms with Crippen molar-refractivity contribution in [3.63, 3.8) is 0 Å². The van der Waals surface area contributed by atoms with E-state index in [-0.39, 0.29) is 35.3 Å². The first-order valence-electron chi connectivity index (χ1n) is 3.40. The molecule has 0 unspecified atom stereocenters. The molecule has 2 rings (SSSR count). The van der Waals surface area contributed by atoms with Crippen LogP contribution in [-0.2, 0) is 0 Å². The van der Waals surface area contributed by atoms with E-state index >= 15 is 0 Å². The molecule has 0 atom stereocenters. The van der Waals surface area contributed by atoms with Gasteiger partial charge in [-0.1, -0.05) is 0 Å². The summed E-state index contributed by atoms with van der Waals surface area (Å²) in [4.78, 5) is 10.7. The van der Waals surface area contributed by atoms with Crippen LogP contribution in [0.15, 0.2) is 33.5 Å². The maximum Gasteiger partial charge on any atom is 1.00 e. The van der Waals surface area contributed by atoms with E-state index in [9.17, 15) is 4.79 Å². The normalized spacial score (nSPS) is 9.54. The Balaban J connectivity index is 0.000000845. The zero-order chi connectivity index (χ0) is 8.55. The molecule has 0 aliphatic carbocycles. The van der Waals surface area contributed by atoms with Crippen LogP contribution in [0, 0.1) is 6.07 Å². The summed E-state index contributed by atoms with van der Waals surface area (Å²) in [7, 11) is 0. The van der Waals surface area contributed by atoms with Crippen LogP contribution >= 0.6 is 0 Å². The van der Waals surface area contributed by atoms with Gasteiger partial charge in [0.1, 0.15) is 5.75 Å². The Morgan fingerprint density at radius 3 is 2.92 bits per heavy atom. The molecule has 0 amide bonds. The average molecular weight is 184 g/mol. The Kier molecular flexibility index (Phi) is 3.14. The monoisotopic (exact) mass is 184 g/mol. The number of phenols is 1. The summed E-state index contributed by atoms with van der Waals surface area (Å²) < 4.78 is 4.77. The molecular formula is C9H5NaO3. The summed E-state index contributed by atoms with van der Waals surface area (Å²) in [6, 6.07) is 8.49. The number of hydrogen-bond donors (Lipinski definition) is 1. The number of phenolic OH excluding ortho intramolecular Hbond substituents is 1. The van der Waals surface area contributed by atoms with Crippen LogP contribution in [-0.4, -0.2) is 5.11 Å².